The average Bonchev–Trinajstić information content (AvgIpc) is 3.28. The highest BCUT2D eigenvalue weighted by Crippen LogP contribution is 2.42. The van der Waals surface area contributed by atoms with E-state index in [0.29, 0.717) is 18.1 Å². The monoisotopic (exact) mass is 431 g/mol. The van der Waals surface area contributed by atoms with Crippen molar-refractivity contribution in [3.8, 4) is 17.2 Å². The lowest BCUT2D eigenvalue weighted by Gasteiger charge is -2.31. The summed E-state index contributed by atoms with van der Waals surface area (Å²) in [5.41, 5.74) is 0.809. The summed E-state index contributed by atoms with van der Waals surface area (Å²) in [4.78, 5) is 2.69. The maximum Gasteiger partial charge on any atom is 0.188 e. The van der Waals surface area contributed by atoms with Crippen LogP contribution in [0.1, 0.15) is 37.9 Å². The van der Waals surface area contributed by atoms with Crippen molar-refractivity contribution >= 4 is 9.84 Å². The van der Waals surface area contributed by atoms with E-state index in [2.05, 4.69) is 4.90 Å². The Morgan fingerprint density at radius 1 is 1.07 bits per heavy atom. The molecule has 0 aromatic heterocycles. The molecule has 162 valence electrons. The molecule has 0 saturated carbocycles. The van der Waals surface area contributed by atoms with Crippen LogP contribution in [0.25, 0.3) is 0 Å². The van der Waals surface area contributed by atoms with Gasteiger partial charge in [-0.25, -0.2) is 8.42 Å². The van der Waals surface area contributed by atoms with E-state index in [-0.39, 0.29) is 4.90 Å². The molecule has 2 atom stereocenters. The predicted molar refractivity (Wildman–Crippen MR) is 115 cm³/mol. The van der Waals surface area contributed by atoms with Crippen LogP contribution in [0.5, 0.6) is 17.2 Å². The number of fused-ring (bicyclic) bond motifs is 1. The molecule has 1 fully saturated rings. The molecule has 0 amide bonds. The van der Waals surface area contributed by atoms with Crippen LogP contribution < -0.4 is 14.2 Å². The molecule has 2 unspecified atom stereocenters. The summed E-state index contributed by atoms with van der Waals surface area (Å²) < 4.78 is 43.2. The largest absolute Gasteiger partial charge is 0.497 e. The van der Waals surface area contributed by atoms with Gasteiger partial charge in [-0.1, -0.05) is 12.1 Å². The molecule has 2 aromatic carbocycles. The minimum absolute atomic E-state index is 0.213. The van der Waals surface area contributed by atoms with Crippen LogP contribution in [0, 0.1) is 0 Å². The van der Waals surface area contributed by atoms with E-state index in [1.807, 2.05) is 24.3 Å². The summed E-state index contributed by atoms with van der Waals surface area (Å²) in [6.07, 6.45) is 3.02. The molecular formula is C23H29NO5S. The average molecular weight is 432 g/mol. The molecule has 6 nitrogen and oxygen atoms in total. The molecule has 1 saturated heterocycles. The van der Waals surface area contributed by atoms with E-state index in [1.54, 1.807) is 32.2 Å². The third-order valence-corrected chi connectivity index (χ3v) is 8.10. The van der Waals surface area contributed by atoms with Crippen LogP contribution in [0.15, 0.2) is 47.4 Å². The van der Waals surface area contributed by atoms with Crippen molar-refractivity contribution in [3.05, 3.63) is 48.0 Å². The molecule has 0 spiro atoms. The molecule has 2 aliphatic heterocycles. The van der Waals surface area contributed by atoms with Crippen LogP contribution in [-0.4, -0.2) is 51.9 Å². The minimum atomic E-state index is -3.50. The van der Waals surface area contributed by atoms with Gasteiger partial charge in [0.1, 0.15) is 33.5 Å². The summed E-state index contributed by atoms with van der Waals surface area (Å²) in [6.45, 7) is 5.84. The quantitative estimate of drug-likeness (QED) is 0.621. The molecule has 2 aliphatic rings. The summed E-state index contributed by atoms with van der Waals surface area (Å²) in [5, 5.41) is -0.689. The van der Waals surface area contributed by atoms with Crippen molar-refractivity contribution < 1.29 is 22.6 Å². The highest BCUT2D eigenvalue weighted by molar-refractivity contribution is 7.92. The zero-order valence-electron chi connectivity index (χ0n) is 17.5. The molecule has 2 heterocycles. The number of sulfone groups is 1. The highest BCUT2D eigenvalue weighted by atomic mass is 32.2. The molecular weight excluding hydrogens is 402 g/mol. The molecule has 2 aromatic rings. The van der Waals surface area contributed by atoms with Crippen molar-refractivity contribution in [2.75, 3.05) is 33.4 Å². The van der Waals surface area contributed by atoms with Gasteiger partial charge in [-0.2, -0.15) is 0 Å². The Kier molecular flexibility index (Phi) is 6.20. The fourth-order valence-electron chi connectivity index (χ4n) is 4.12. The van der Waals surface area contributed by atoms with Gasteiger partial charge in [0.25, 0.3) is 0 Å². The zero-order chi connectivity index (χ0) is 21.1. The fraction of sp³-hybridized carbons (Fsp3) is 0.478. The third-order valence-electron chi connectivity index (χ3n) is 5.92. The van der Waals surface area contributed by atoms with Gasteiger partial charge in [0.2, 0.25) is 0 Å². The number of likely N-dealkylation sites (tertiary alicyclic amines) is 1. The minimum Gasteiger partial charge on any atom is -0.497 e. The lowest BCUT2D eigenvalue weighted by Crippen LogP contribution is -2.34. The molecule has 0 bridgehead atoms. The maximum absolute atomic E-state index is 13.0. The Bertz CT molecular complexity index is 968. The first-order valence-corrected chi connectivity index (χ1v) is 12.1. The summed E-state index contributed by atoms with van der Waals surface area (Å²) >= 11 is 0. The maximum atomic E-state index is 13.0. The lowest BCUT2D eigenvalue weighted by atomic mass is 10.1. The number of hydrogen-bond acceptors (Lipinski definition) is 6. The van der Waals surface area contributed by atoms with E-state index in [1.165, 1.54) is 25.9 Å². The van der Waals surface area contributed by atoms with Crippen LogP contribution in [0.4, 0.5) is 0 Å². The van der Waals surface area contributed by atoms with Gasteiger partial charge in [-0.15, -0.1) is 0 Å². The second-order valence-corrected chi connectivity index (χ2v) is 10.2. The van der Waals surface area contributed by atoms with Crippen molar-refractivity contribution in [2.24, 2.45) is 0 Å². The Balaban J connectivity index is 1.43. The first-order chi connectivity index (χ1) is 14.5. The smallest absolute Gasteiger partial charge is 0.188 e. The van der Waals surface area contributed by atoms with Gasteiger partial charge in [-0.05, 0) is 69.1 Å². The number of rotatable bonds is 7. The first kappa shape index (κ1) is 21.0. The first-order valence-electron chi connectivity index (χ1n) is 10.5. The number of nitrogens with zero attached hydrogens (tertiary/aromatic N) is 1. The third kappa shape index (κ3) is 4.27. The van der Waals surface area contributed by atoms with Gasteiger partial charge in [0.15, 0.2) is 9.84 Å². The Morgan fingerprint density at radius 3 is 2.47 bits per heavy atom. The Hall–Kier alpha value is -2.25. The standard InChI is InChI=1S/C23H29NO5S/c1-17-23(29-21-16-20(27-2)10-11-22(21)30(17,25)26)18-6-8-19(9-7-18)28-15-5-14-24-12-3-4-13-24/h6-11,16-17,23H,3-5,12-15H2,1-2H3. The van der Waals surface area contributed by atoms with Crippen LogP contribution in [0.2, 0.25) is 0 Å². The molecule has 0 aliphatic carbocycles. The van der Waals surface area contributed by atoms with E-state index in [0.717, 1.165) is 24.3 Å². The predicted octanol–water partition coefficient (Wildman–Crippen LogP) is 3.86. The lowest BCUT2D eigenvalue weighted by molar-refractivity contribution is 0.188. The van der Waals surface area contributed by atoms with Crippen LogP contribution in [-0.2, 0) is 9.84 Å². The van der Waals surface area contributed by atoms with Crippen molar-refractivity contribution in [1.29, 1.82) is 0 Å². The van der Waals surface area contributed by atoms with Crippen LogP contribution >= 0.6 is 0 Å². The number of hydrogen-bond donors (Lipinski definition) is 0. The highest BCUT2D eigenvalue weighted by Gasteiger charge is 2.40. The Labute approximate surface area is 178 Å². The van der Waals surface area contributed by atoms with Gasteiger partial charge < -0.3 is 19.1 Å². The van der Waals surface area contributed by atoms with Crippen LogP contribution in [0.3, 0.4) is 0 Å². The van der Waals surface area contributed by atoms with Gasteiger partial charge >= 0.3 is 0 Å². The van der Waals surface area contributed by atoms with Gasteiger partial charge in [0.05, 0.1) is 13.7 Å². The van der Waals surface area contributed by atoms with Crippen molar-refractivity contribution in [3.63, 3.8) is 0 Å². The SMILES string of the molecule is COc1ccc2c(c1)OC(c1ccc(OCCCN3CCCC3)cc1)C(C)S2(=O)=O. The zero-order valence-corrected chi connectivity index (χ0v) is 18.4. The second kappa shape index (κ2) is 8.86. The summed E-state index contributed by atoms with van der Waals surface area (Å²) in [7, 11) is -1.95. The summed E-state index contributed by atoms with van der Waals surface area (Å²) in [6, 6.07) is 12.4. The van der Waals surface area contributed by atoms with Crippen molar-refractivity contribution in [2.45, 2.75) is 42.4 Å². The topological polar surface area (TPSA) is 65.1 Å². The van der Waals surface area contributed by atoms with E-state index in [4.69, 9.17) is 14.2 Å². The number of ether oxygens (including phenoxy) is 3. The fourth-order valence-corrected chi connectivity index (χ4v) is 5.70. The van der Waals surface area contributed by atoms with E-state index >= 15 is 0 Å². The second-order valence-electron chi connectivity index (χ2n) is 7.92. The number of methoxy groups -OCH3 is 1. The molecule has 4 rings (SSSR count). The Morgan fingerprint density at radius 2 is 1.77 bits per heavy atom. The van der Waals surface area contributed by atoms with Crippen molar-refractivity contribution in [1.82, 2.24) is 4.90 Å². The summed E-state index contributed by atoms with van der Waals surface area (Å²) in [5.74, 6) is 1.68. The van der Waals surface area contributed by atoms with Gasteiger partial charge in [-0.3, -0.25) is 0 Å². The normalized spacial score (nSPS) is 22.9. The number of benzene rings is 2. The van der Waals surface area contributed by atoms with Gasteiger partial charge in [0, 0.05) is 12.6 Å². The molecule has 7 heteroatoms. The molecule has 0 N–H and O–H groups in total. The molecule has 0 radical (unpaired) electrons. The molecule has 30 heavy (non-hydrogen) atoms. The van der Waals surface area contributed by atoms with E-state index in [9.17, 15) is 8.42 Å². The van der Waals surface area contributed by atoms with E-state index < -0.39 is 21.2 Å².